The number of rotatable bonds is 7. The summed E-state index contributed by atoms with van der Waals surface area (Å²) in [7, 11) is 2.00. The topological polar surface area (TPSA) is 32.3 Å². The van der Waals surface area contributed by atoms with Gasteiger partial charge in [-0.3, -0.25) is 0 Å². The smallest absolute Gasteiger partial charge is 0.0431 e. The van der Waals surface area contributed by atoms with Crippen LogP contribution < -0.4 is 5.32 Å². The largest absolute Gasteiger partial charge is 0.396 e. The van der Waals surface area contributed by atoms with Crippen molar-refractivity contribution in [3.63, 3.8) is 0 Å². The second-order valence-corrected chi connectivity index (χ2v) is 3.12. The van der Waals surface area contributed by atoms with Crippen molar-refractivity contribution in [3.05, 3.63) is 0 Å². The van der Waals surface area contributed by atoms with Crippen LogP contribution in [0.15, 0.2) is 0 Å². The van der Waals surface area contributed by atoms with Crippen LogP contribution in [-0.2, 0) is 0 Å². The van der Waals surface area contributed by atoms with Gasteiger partial charge in [0.25, 0.3) is 0 Å². The Morgan fingerprint density at radius 2 is 1.82 bits per heavy atom. The molecule has 0 radical (unpaired) electrons. The number of aliphatic hydroxyl groups is 1. The molecule has 0 saturated carbocycles. The lowest BCUT2D eigenvalue weighted by Gasteiger charge is -2.08. The maximum atomic E-state index is 8.51. The van der Waals surface area contributed by atoms with E-state index in [2.05, 4.69) is 12.2 Å². The van der Waals surface area contributed by atoms with Crippen molar-refractivity contribution in [1.29, 1.82) is 0 Å². The van der Waals surface area contributed by atoms with Crippen molar-refractivity contribution in [3.8, 4) is 0 Å². The zero-order chi connectivity index (χ0) is 8.53. The maximum Gasteiger partial charge on any atom is 0.0431 e. The van der Waals surface area contributed by atoms with Gasteiger partial charge in [-0.25, -0.2) is 0 Å². The molecule has 0 aromatic heterocycles. The molecule has 2 N–H and O–H groups in total. The molecule has 68 valence electrons. The van der Waals surface area contributed by atoms with Crippen LogP contribution in [0.2, 0.25) is 0 Å². The fourth-order valence-corrected chi connectivity index (χ4v) is 1.06. The van der Waals surface area contributed by atoms with E-state index in [0.29, 0.717) is 12.6 Å². The number of hydrogen-bond donors (Lipinski definition) is 2. The first kappa shape index (κ1) is 10.9. The number of unbranched alkanes of at least 4 members (excludes halogenated alkanes) is 3. The van der Waals surface area contributed by atoms with E-state index in [0.717, 1.165) is 6.42 Å². The highest BCUT2D eigenvalue weighted by Gasteiger charge is 1.96. The molecule has 0 fully saturated rings. The molecule has 0 aromatic rings. The predicted octanol–water partition coefficient (Wildman–Crippen LogP) is 1.54. The second-order valence-electron chi connectivity index (χ2n) is 3.12. The van der Waals surface area contributed by atoms with Crippen LogP contribution in [0.25, 0.3) is 0 Å². The third kappa shape index (κ3) is 7.82. The van der Waals surface area contributed by atoms with Crippen molar-refractivity contribution in [2.75, 3.05) is 13.7 Å². The van der Waals surface area contributed by atoms with E-state index in [1.54, 1.807) is 0 Å². The molecule has 1 atom stereocenters. The van der Waals surface area contributed by atoms with Crippen LogP contribution in [0.4, 0.5) is 0 Å². The Bertz CT molecular complexity index is 76.0. The molecule has 2 nitrogen and oxygen atoms in total. The molecule has 2 heteroatoms. The summed E-state index contributed by atoms with van der Waals surface area (Å²) in [5, 5.41) is 11.7. The minimum atomic E-state index is 0.349. The Balaban J connectivity index is 2.89. The first-order chi connectivity index (χ1) is 5.31. The zero-order valence-corrected chi connectivity index (χ0v) is 7.77. The van der Waals surface area contributed by atoms with E-state index < -0.39 is 0 Å². The maximum absolute atomic E-state index is 8.51. The summed E-state index contributed by atoms with van der Waals surface area (Å²) in [6.45, 7) is 2.55. The summed E-state index contributed by atoms with van der Waals surface area (Å²) in [5.74, 6) is 0. The van der Waals surface area contributed by atoms with Crippen molar-refractivity contribution in [2.24, 2.45) is 0 Å². The quantitative estimate of drug-likeness (QED) is 0.552. The molecular formula is C9H21NO. The second kappa shape index (κ2) is 8.02. The molecule has 0 aliphatic heterocycles. The van der Waals surface area contributed by atoms with Crippen LogP contribution in [-0.4, -0.2) is 24.8 Å². The molecule has 0 aliphatic rings. The van der Waals surface area contributed by atoms with Crippen LogP contribution in [0.3, 0.4) is 0 Å². The molecule has 0 unspecified atom stereocenters. The molecule has 0 heterocycles. The highest BCUT2D eigenvalue weighted by molar-refractivity contribution is 4.56. The van der Waals surface area contributed by atoms with Gasteiger partial charge in [-0.05, 0) is 26.8 Å². The van der Waals surface area contributed by atoms with Gasteiger partial charge in [-0.1, -0.05) is 19.3 Å². The van der Waals surface area contributed by atoms with Crippen molar-refractivity contribution >= 4 is 0 Å². The van der Waals surface area contributed by atoms with Crippen LogP contribution in [0, 0.1) is 0 Å². The average Bonchev–Trinajstić information content (AvgIpc) is 2.04. The molecule has 0 bridgehead atoms. The van der Waals surface area contributed by atoms with Gasteiger partial charge in [0.05, 0.1) is 0 Å². The summed E-state index contributed by atoms with van der Waals surface area (Å²) in [6.07, 6.45) is 5.93. The highest BCUT2D eigenvalue weighted by Crippen LogP contribution is 2.04. The van der Waals surface area contributed by atoms with Crippen LogP contribution >= 0.6 is 0 Å². The zero-order valence-electron chi connectivity index (χ0n) is 7.77. The van der Waals surface area contributed by atoms with Gasteiger partial charge in [-0.2, -0.15) is 0 Å². The van der Waals surface area contributed by atoms with E-state index in [1.807, 2.05) is 7.05 Å². The molecular weight excluding hydrogens is 138 g/mol. The summed E-state index contributed by atoms with van der Waals surface area (Å²) in [5.41, 5.74) is 0. The number of nitrogens with one attached hydrogen (secondary N) is 1. The third-order valence-corrected chi connectivity index (χ3v) is 2.04. The molecule has 11 heavy (non-hydrogen) atoms. The normalized spacial score (nSPS) is 13.4. The van der Waals surface area contributed by atoms with E-state index in [4.69, 9.17) is 5.11 Å². The Kier molecular flexibility index (Phi) is 7.96. The molecule has 0 aliphatic carbocycles. The monoisotopic (exact) mass is 159 g/mol. The van der Waals surface area contributed by atoms with Gasteiger partial charge in [0.15, 0.2) is 0 Å². The van der Waals surface area contributed by atoms with Crippen LogP contribution in [0.1, 0.15) is 39.0 Å². The number of aliphatic hydroxyl groups excluding tert-OH is 1. The Hall–Kier alpha value is -0.0800. The van der Waals surface area contributed by atoms with Gasteiger partial charge in [-0.15, -0.1) is 0 Å². The Morgan fingerprint density at radius 3 is 2.36 bits per heavy atom. The lowest BCUT2D eigenvalue weighted by molar-refractivity contribution is 0.282. The fraction of sp³-hybridized carbons (Fsp3) is 1.00. The standard InChI is InChI=1S/C9H21NO/c1-9(10-2)7-5-3-4-6-8-11/h9-11H,3-8H2,1-2H3/t9-/m1/s1. The number of hydrogen-bond acceptors (Lipinski definition) is 2. The molecule has 0 aromatic carbocycles. The van der Waals surface area contributed by atoms with Gasteiger partial charge in [0.2, 0.25) is 0 Å². The average molecular weight is 159 g/mol. The minimum absolute atomic E-state index is 0.349. The van der Waals surface area contributed by atoms with E-state index in [9.17, 15) is 0 Å². The van der Waals surface area contributed by atoms with E-state index in [-0.39, 0.29) is 0 Å². The predicted molar refractivity (Wildman–Crippen MR) is 48.7 cm³/mol. The molecule has 0 saturated heterocycles. The fourth-order valence-electron chi connectivity index (χ4n) is 1.06. The summed E-state index contributed by atoms with van der Waals surface area (Å²) in [6, 6.07) is 0.643. The lowest BCUT2D eigenvalue weighted by atomic mass is 10.1. The van der Waals surface area contributed by atoms with Gasteiger partial charge < -0.3 is 10.4 Å². The Labute approximate surface area is 70.0 Å². The van der Waals surface area contributed by atoms with E-state index >= 15 is 0 Å². The summed E-state index contributed by atoms with van der Waals surface area (Å²) >= 11 is 0. The lowest BCUT2D eigenvalue weighted by Crippen LogP contribution is -2.20. The van der Waals surface area contributed by atoms with Crippen molar-refractivity contribution < 1.29 is 5.11 Å². The van der Waals surface area contributed by atoms with Crippen LogP contribution in [0.5, 0.6) is 0 Å². The van der Waals surface area contributed by atoms with Crippen molar-refractivity contribution in [2.45, 2.75) is 45.1 Å². The molecule has 0 spiro atoms. The van der Waals surface area contributed by atoms with E-state index in [1.165, 1.54) is 25.7 Å². The Morgan fingerprint density at radius 1 is 1.18 bits per heavy atom. The highest BCUT2D eigenvalue weighted by atomic mass is 16.2. The van der Waals surface area contributed by atoms with Crippen molar-refractivity contribution in [1.82, 2.24) is 5.32 Å². The minimum Gasteiger partial charge on any atom is -0.396 e. The van der Waals surface area contributed by atoms with Gasteiger partial charge >= 0.3 is 0 Å². The molecule has 0 amide bonds. The SMILES string of the molecule is CN[C@H](C)CCCCCCO. The molecule has 0 rings (SSSR count). The summed E-state index contributed by atoms with van der Waals surface area (Å²) < 4.78 is 0. The first-order valence-electron chi connectivity index (χ1n) is 4.59. The third-order valence-electron chi connectivity index (χ3n) is 2.04. The first-order valence-corrected chi connectivity index (χ1v) is 4.59. The van der Waals surface area contributed by atoms with Gasteiger partial charge in [0, 0.05) is 12.6 Å². The van der Waals surface area contributed by atoms with Gasteiger partial charge in [0.1, 0.15) is 0 Å². The summed E-state index contributed by atoms with van der Waals surface area (Å²) in [4.78, 5) is 0.